The Morgan fingerprint density at radius 1 is 1.09 bits per heavy atom. The number of carboxylic acid groups (broad SMARTS) is 2. The molecule has 0 aliphatic heterocycles. The maximum absolute atomic E-state index is 9.10. The summed E-state index contributed by atoms with van der Waals surface area (Å²) >= 11 is 5.84. The van der Waals surface area contributed by atoms with Gasteiger partial charge in [-0.2, -0.15) is 0 Å². The molecule has 7 heteroatoms. The Labute approximate surface area is 142 Å². The zero-order chi connectivity index (χ0) is 17.7. The molecule has 0 unspecified atom stereocenters. The average Bonchev–Trinajstić information content (AvgIpc) is 2.53. The van der Waals surface area contributed by atoms with Crippen LogP contribution < -0.4 is 5.32 Å². The molecule has 0 spiro atoms. The van der Waals surface area contributed by atoms with Crippen molar-refractivity contribution in [1.29, 1.82) is 0 Å². The number of hydrogen-bond donors (Lipinski definition) is 3. The maximum Gasteiger partial charge on any atom is 0.414 e. The van der Waals surface area contributed by atoms with Crippen molar-refractivity contribution in [2.45, 2.75) is 26.8 Å². The first-order valence-corrected chi connectivity index (χ1v) is 7.92. The summed E-state index contributed by atoms with van der Waals surface area (Å²) in [6, 6.07) is 8.02. The number of rotatable bonds is 8. The van der Waals surface area contributed by atoms with Crippen molar-refractivity contribution < 1.29 is 19.8 Å². The lowest BCUT2D eigenvalue weighted by Crippen LogP contribution is -2.27. The zero-order valence-corrected chi connectivity index (χ0v) is 14.3. The molecule has 0 aliphatic rings. The van der Waals surface area contributed by atoms with E-state index in [2.05, 4.69) is 36.2 Å². The van der Waals surface area contributed by atoms with Gasteiger partial charge in [0.25, 0.3) is 0 Å². The van der Waals surface area contributed by atoms with E-state index in [0.717, 1.165) is 31.2 Å². The van der Waals surface area contributed by atoms with Crippen LogP contribution in [0.5, 0.6) is 0 Å². The van der Waals surface area contributed by atoms with E-state index >= 15 is 0 Å². The Morgan fingerprint density at radius 2 is 1.61 bits per heavy atom. The molecular weight excluding hydrogens is 320 g/mol. The second kappa shape index (κ2) is 12.9. The Kier molecular flexibility index (Phi) is 12.0. The quantitative estimate of drug-likeness (QED) is 0.495. The number of halogens is 1. The molecule has 0 heterocycles. The topological polar surface area (TPSA) is 89.9 Å². The number of aliphatic carboxylic acids is 2. The first-order chi connectivity index (χ1) is 10.9. The lowest BCUT2D eigenvalue weighted by atomic mass is 10.2. The lowest BCUT2D eigenvalue weighted by Gasteiger charge is -2.17. The minimum Gasteiger partial charge on any atom is -0.473 e. The minimum absolute atomic E-state index is 0.801. The first kappa shape index (κ1) is 21.4. The van der Waals surface area contributed by atoms with Crippen LogP contribution in [0.4, 0.5) is 0 Å². The molecule has 6 nitrogen and oxygen atoms in total. The largest absolute Gasteiger partial charge is 0.473 e. The van der Waals surface area contributed by atoms with Crippen LogP contribution in [0.25, 0.3) is 0 Å². The van der Waals surface area contributed by atoms with Gasteiger partial charge in [0.2, 0.25) is 0 Å². The summed E-state index contributed by atoms with van der Waals surface area (Å²) in [6.07, 6.45) is 1.20. The highest BCUT2D eigenvalue weighted by atomic mass is 35.5. The molecule has 0 saturated carbocycles. The number of benzene rings is 1. The van der Waals surface area contributed by atoms with Gasteiger partial charge in [0.1, 0.15) is 0 Å². The SMILES string of the molecule is CCN(CC)CCCNCc1ccc(Cl)cc1.O=C(O)C(=O)O. The summed E-state index contributed by atoms with van der Waals surface area (Å²) in [5, 5.41) is 19.0. The van der Waals surface area contributed by atoms with Crippen molar-refractivity contribution >= 4 is 23.5 Å². The van der Waals surface area contributed by atoms with Crippen LogP contribution in [-0.4, -0.2) is 53.2 Å². The fraction of sp³-hybridized carbons (Fsp3) is 0.500. The summed E-state index contributed by atoms with van der Waals surface area (Å²) in [5.41, 5.74) is 1.29. The number of hydrogen-bond acceptors (Lipinski definition) is 4. The van der Waals surface area contributed by atoms with Gasteiger partial charge in [-0.1, -0.05) is 37.6 Å². The molecule has 1 rings (SSSR count). The molecule has 0 atom stereocenters. The molecule has 130 valence electrons. The Bertz CT molecular complexity index is 450. The van der Waals surface area contributed by atoms with Gasteiger partial charge in [-0.25, -0.2) is 9.59 Å². The third-order valence-corrected chi connectivity index (χ3v) is 3.40. The van der Waals surface area contributed by atoms with E-state index in [1.54, 1.807) is 0 Å². The molecule has 23 heavy (non-hydrogen) atoms. The minimum atomic E-state index is -1.82. The van der Waals surface area contributed by atoms with Crippen LogP contribution in [-0.2, 0) is 16.1 Å². The predicted molar refractivity (Wildman–Crippen MR) is 90.8 cm³/mol. The molecule has 3 N–H and O–H groups in total. The number of carboxylic acids is 2. The van der Waals surface area contributed by atoms with E-state index < -0.39 is 11.9 Å². The van der Waals surface area contributed by atoms with Crippen molar-refractivity contribution in [1.82, 2.24) is 10.2 Å². The number of nitrogens with zero attached hydrogens (tertiary/aromatic N) is 1. The Hall–Kier alpha value is -1.63. The van der Waals surface area contributed by atoms with Gasteiger partial charge in [0.05, 0.1) is 0 Å². The second-order valence-corrected chi connectivity index (χ2v) is 5.23. The van der Waals surface area contributed by atoms with Crippen LogP contribution in [0.15, 0.2) is 24.3 Å². The van der Waals surface area contributed by atoms with Crippen molar-refractivity contribution in [3.8, 4) is 0 Å². The molecule has 0 aromatic heterocycles. The van der Waals surface area contributed by atoms with Crippen LogP contribution in [0.1, 0.15) is 25.8 Å². The van der Waals surface area contributed by atoms with Gasteiger partial charge in [-0.05, 0) is 50.3 Å². The Balaban J connectivity index is 0.000000688. The van der Waals surface area contributed by atoms with E-state index in [4.69, 9.17) is 31.4 Å². The first-order valence-electron chi connectivity index (χ1n) is 7.54. The van der Waals surface area contributed by atoms with Crippen LogP contribution >= 0.6 is 11.6 Å². The molecule has 0 fully saturated rings. The summed E-state index contributed by atoms with van der Waals surface area (Å²) < 4.78 is 0. The Morgan fingerprint density at radius 3 is 2.04 bits per heavy atom. The van der Waals surface area contributed by atoms with Crippen molar-refractivity contribution in [2.24, 2.45) is 0 Å². The lowest BCUT2D eigenvalue weighted by molar-refractivity contribution is -0.159. The fourth-order valence-corrected chi connectivity index (χ4v) is 1.93. The smallest absolute Gasteiger partial charge is 0.414 e. The van der Waals surface area contributed by atoms with E-state index in [0.29, 0.717) is 0 Å². The molecule has 0 aliphatic carbocycles. The highest BCUT2D eigenvalue weighted by molar-refractivity contribution is 6.30. The third kappa shape index (κ3) is 11.6. The highest BCUT2D eigenvalue weighted by Crippen LogP contribution is 2.08. The molecule has 0 amide bonds. The van der Waals surface area contributed by atoms with Gasteiger partial charge in [-0.15, -0.1) is 0 Å². The highest BCUT2D eigenvalue weighted by Gasteiger charge is 2.04. The summed E-state index contributed by atoms with van der Waals surface area (Å²) in [4.78, 5) is 20.6. The molecule has 0 radical (unpaired) electrons. The number of carbonyl (C=O) groups is 2. The summed E-state index contributed by atoms with van der Waals surface area (Å²) in [6.45, 7) is 9.89. The third-order valence-electron chi connectivity index (χ3n) is 3.15. The van der Waals surface area contributed by atoms with Crippen molar-refractivity contribution in [2.75, 3.05) is 26.2 Å². The van der Waals surface area contributed by atoms with Crippen molar-refractivity contribution in [3.63, 3.8) is 0 Å². The molecule has 1 aromatic carbocycles. The molecule has 0 saturated heterocycles. The van der Waals surface area contributed by atoms with E-state index in [1.165, 1.54) is 18.5 Å². The van der Waals surface area contributed by atoms with Crippen LogP contribution in [0, 0.1) is 0 Å². The maximum atomic E-state index is 9.10. The van der Waals surface area contributed by atoms with E-state index in [1.807, 2.05) is 12.1 Å². The fourth-order valence-electron chi connectivity index (χ4n) is 1.80. The van der Waals surface area contributed by atoms with E-state index in [9.17, 15) is 0 Å². The van der Waals surface area contributed by atoms with Crippen molar-refractivity contribution in [3.05, 3.63) is 34.9 Å². The monoisotopic (exact) mass is 344 g/mol. The number of nitrogens with one attached hydrogen (secondary N) is 1. The van der Waals surface area contributed by atoms with Gasteiger partial charge < -0.3 is 20.4 Å². The summed E-state index contributed by atoms with van der Waals surface area (Å²) in [7, 11) is 0. The van der Waals surface area contributed by atoms with Gasteiger partial charge in [0, 0.05) is 11.6 Å². The van der Waals surface area contributed by atoms with E-state index in [-0.39, 0.29) is 0 Å². The summed E-state index contributed by atoms with van der Waals surface area (Å²) in [5.74, 6) is -3.65. The normalized spacial score (nSPS) is 10.1. The average molecular weight is 345 g/mol. The zero-order valence-electron chi connectivity index (χ0n) is 13.6. The van der Waals surface area contributed by atoms with Crippen LogP contribution in [0.3, 0.4) is 0 Å². The second-order valence-electron chi connectivity index (χ2n) is 4.79. The van der Waals surface area contributed by atoms with Crippen LogP contribution in [0.2, 0.25) is 5.02 Å². The van der Waals surface area contributed by atoms with Gasteiger partial charge in [0.15, 0.2) is 0 Å². The molecule has 1 aromatic rings. The standard InChI is InChI=1S/C14H23ClN2.C2H2O4/c1-3-17(4-2)11-5-10-16-12-13-6-8-14(15)9-7-13;3-1(4)2(5)6/h6-9,16H,3-5,10-12H2,1-2H3;(H,3,4)(H,5,6). The molecular formula is C16H25ClN2O4. The van der Waals surface area contributed by atoms with Gasteiger partial charge >= 0.3 is 11.9 Å². The van der Waals surface area contributed by atoms with Gasteiger partial charge in [-0.3, -0.25) is 0 Å². The predicted octanol–water partition coefficient (Wildman–Crippen LogP) is 2.32. The molecule has 0 bridgehead atoms.